The van der Waals surface area contributed by atoms with E-state index in [0.717, 1.165) is 50.6 Å². The molecule has 1 aliphatic carbocycles. The summed E-state index contributed by atoms with van der Waals surface area (Å²) >= 11 is 0. The summed E-state index contributed by atoms with van der Waals surface area (Å²) in [5.74, 6) is 1.14. The zero-order valence-corrected chi connectivity index (χ0v) is 21.8. The van der Waals surface area contributed by atoms with Crippen molar-refractivity contribution in [3.05, 3.63) is 41.5 Å². The van der Waals surface area contributed by atoms with Gasteiger partial charge in [0, 0.05) is 18.7 Å². The Kier molecular flexibility index (Phi) is 7.57. The standard InChI is InChI=1S/C30H43NO3/c1-6-24(29(32)33)21-15-16-31(18-21)19-27-26-10-8-7-9-25(26)20(2)17-28(27)34-23-13-11-22(12-14-23)30(3,4)5/h7-10,17,21-24H,6,11-16,18-19H2,1-5H3,(H,32,33). The monoisotopic (exact) mass is 465 g/mol. The lowest BCUT2D eigenvalue weighted by Gasteiger charge is -2.37. The van der Waals surface area contributed by atoms with E-state index in [0.29, 0.717) is 11.8 Å². The van der Waals surface area contributed by atoms with Gasteiger partial charge in [0.1, 0.15) is 5.75 Å². The van der Waals surface area contributed by atoms with Crippen molar-refractivity contribution in [2.75, 3.05) is 13.1 Å². The number of carbonyl (C=O) groups is 1. The van der Waals surface area contributed by atoms with Crippen LogP contribution < -0.4 is 4.74 Å². The Morgan fingerprint density at radius 3 is 2.41 bits per heavy atom. The van der Waals surface area contributed by atoms with Crippen LogP contribution in [0.15, 0.2) is 30.3 Å². The molecule has 1 heterocycles. The van der Waals surface area contributed by atoms with Crippen molar-refractivity contribution in [1.29, 1.82) is 0 Å². The van der Waals surface area contributed by atoms with Crippen LogP contribution in [0.1, 0.15) is 77.3 Å². The van der Waals surface area contributed by atoms with E-state index in [1.807, 2.05) is 6.92 Å². The van der Waals surface area contributed by atoms with E-state index in [1.54, 1.807) is 0 Å². The van der Waals surface area contributed by atoms with Crippen LogP contribution in [0.2, 0.25) is 0 Å². The minimum atomic E-state index is -0.648. The van der Waals surface area contributed by atoms with E-state index in [1.165, 1.54) is 34.7 Å². The average Bonchev–Trinajstić information content (AvgIpc) is 3.24. The SMILES string of the molecule is CCC(C(=O)O)C1CCN(Cc2c(OC3CCC(C(C)(C)C)CC3)cc(C)c3ccccc23)C1. The Hall–Kier alpha value is -2.07. The largest absolute Gasteiger partial charge is 0.490 e. The summed E-state index contributed by atoms with van der Waals surface area (Å²) in [7, 11) is 0. The van der Waals surface area contributed by atoms with Crippen molar-refractivity contribution in [3.8, 4) is 5.75 Å². The van der Waals surface area contributed by atoms with Crippen LogP contribution in [-0.4, -0.2) is 35.2 Å². The smallest absolute Gasteiger partial charge is 0.306 e. The number of hydrogen-bond donors (Lipinski definition) is 1. The molecule has 4 rings (SSSR count). The minimum Gasteiger partial charge on any atom is -0.490 e. The molecular weight excluding hydrogens is 422 g/mol. The van der Waals surface area contributed by atoms with E-state index < -0.39 is 5.97 Å². The van der Waals surface area contributed by atoms with Crippen LogP contribution in [0.3, 0.4) is 0 Å². The van der Waals surface area contributed by atoms with Crippen LogP contribution in [0, 0.1) is 30.1 Å². The molecule has 2 aromatic carbocycles. The van der Waals surface area contributed by atoms with Crippen molar-refractivity contribution in [1.82, 2.24) is 4.90 Å². The molecule has 2 unspecified atom stereocenters. The third-order valence-corrected chi connectivity index (χ3v) is 8.53. The number of hydrogen-bond acceptors (Lipinski definition) is 3. The third kappa shape index (κ3) is 5.43. The number of carboxylic acids is 1. The summed E-state index contributed by atoms with van der Waals surface area (Å²) in [6.45, 7) is 13.9. The lowest BCUT2D eigenvalue weighted by Crippen LogP contribution is -2.31. The summed E-state index contributed by atoms with van der Waals surface area (Å²) in [5, 5.41) is 12.2. The topological polar surface area (TPSA) is 49.8 Å². The van der Waals surface area contributed by atoms with Gasteiger partial charge >= 0.3 is 5.97 Å². The first-order chi connectivity index (χ1) is 16.2. The van der Waals surface area contributed by atoms with Gasteiger partial charge in [0.2, 0.25) is 0 Å². The zero-order valence-electron chi connectivity index (χ0n) is 21.8. The molecule has 1 saturated carbocycles. The average molecular weight is 466 g/mol. The molecule has 186 valence electrons. The maximum absolute atomic E-state index is 11.7. The summed E-state index contributed by atoms with van der Waals surface area (Å²) < 4.78 is 6.76. The summed E-state index contributed by atoms with van der Waals surface area (Å²) in [4.78, 5) is 14.2. The van der Waals surface area contributed by atoms with E-state index >= 15 is 0 Å². The number of nitrogens with zero attached hydrogens (tertiary/aromatic N) is 1. The molecule has 1 N–H and O–H groups in total. The second kappa shape index (κ2) is 10.3. The second-order valence-corrected chi connectivity index (χ2v) is 11.8. The number of fused-ring (bicyclic) bond motifs is 1. The molecule has 0 radical (unpaired) electrons. The van der Waals surface area contributed by atoms with Crippen LogP contribution in [0.5, 0.6) is 5.75 Å². The van der Waals surface area contributed by atoms with Gasteiger partial charge in [-0.05, 0) is 91.6 Å². The molecule has 2 aliphatic rings. The molecule has 0 aromatic heterocycles. The number of aryl methyl sites for hydroxylation is 1. The first kappa shape index (κ1) is 25.0. The molecule has 1 saturated heterocycles. The molecule has 4 heteroatoms. The fourth-order valence-electron chi connectivity index (χ4n) is 6.35. The van der Waals surface area contributed by atoms with Crippen LogP contribution in [0.4, 0.5) is 0 Å². The highest BCUT2D eigenvalue weighted by molar-refractivity contribution is 5.90. The maximum Gasteiger partial charge on any atom is 0.306 e. The molecule has 4 nitrogen and oxygen atoms in total. The molecule has 0 bridgehead atoms. The lowest BCUT2D eigenvalue weighted by molar-refractivity contribution is -0.143. The van der Waals surface area contributed by atoms with Gasteiger partial charge in [0.25, 0.3) is 0 Å². The Morgan fingerprint density at radius 1 is 1.12 bits per heavy atom. The van der Waals surface area contributed by atoms with Crippen molar-refractivity contribution < 1.29 is 14.6 Å². The van der Waals surface area contributed by atoms with E-state index in [2.05, 4.69) is 62.9 Å². The van der Waals surface area contributed by atoms with Gasteiger partial charge in [-0.3, -0.25) is 9.69 Å². The molecule has 1 aliphatic heterocycles. The Labute approximate surface area is 205 Å². The molecule has 2 aromatic rings. The molecular formula is C30H43NO3. The van der Waals surface area contributed by atoms with Crippen LogP contribution in [0.25, 0.3) is 10.8 Å². The van der Waals surface area contributed by atoms with Gasteiger partial charge in [0.15, 0.2) is 0 Å². The van der Waals surface area contributed by atoms with Gasteiger partial charge in [-0.15, -0.1) is 0 Å². The van der Waals surface area contributed by atoms with Gasteiger partial charge in [-0.25, -0.2) is 0 Å². The van der Waals surface area contributed by atoms with Gasteiger partial charge < -0.3 is 9.84 Å². The fraction of sp³-hybridized carbons (Fsp3) is 0.633. The number of benzene rings is 2. The van der Waals surface area contributed by atoms with Crippen LogP contribution >= 0.6 is 0 Å². The predicted octanol–water partition coefficient (Wildman–Crippen LogP) is 7.06. The van der Waals surface area contributed by atoms with Crippen molar-refractivity contribution in [3.63, 3.8) is 0 Å². The third-order valence-electron chi connectivity index (χ3n) is 8.53. The van der Waals surface area contributed by atoms with Crippen molar-refractivity contribution in [2.45, 2.75) is 85.8 Å². The normalized spacial score (nSPS) is 24.9. The highest BCUT2D eigenvalue weighted by atomic mass is 16.5. The molecule has 0 spiro atoms. The molecule has 34 heavy (non-hydrogen) atoms. The van der Waals surface area contributed by atoms with Gasteiger partial charge in [-0.2, -0.15) is 0 Å². The molecule has 0 amide bonds. The number of likely N-dealkylation sites (tertiary alicyclic amines) is 1. The van der Waals surface area contributed by atoms with Gasteiger partial charge in [0.05, 0.1) is 12.0 Å². The first-order valence-electron chi connectivity index (χ1n) is 13.3. The van der Waals surface area contributed by atoms with Gasteiger partial charge in [-0.1, -0.05) is 52.0 Å². The number of carboxylic acid groups (broad SMARTS) is 1. The second-order valence-electron chi connectivity index (χ2n) is 11.8. The van der Waals surface area contributed by atoms with Crippen molar-refractivity contribution in [2.24, 2.45) is 23.2 Å². The predicted molar refractivity (Wildman–Crippen MR) is 139 cm³/mol. The van der Waals surface area contributed by atoms with E-state index in [4.69, 9.17) is 4.74 Å². The Morgan fingerprint density at radius 2 is 1.79 bits per heavy atom. The van der Waals surface area contributed by atoms with E-state index in [-0.39, 0.29) is 17.9 Å². The summed E-state index contributed by atoms with van der Waals surface area (Å²) in [5.41, 5.74) is 2.89. The summed E-state index contributed by atoms with van der Waals surface area (Å²) in [6.07, 6.45) is 6.65. The van der Waals surface area contributed by atoms with Crippen molar-refractivity contribution >= 4 is 16.7 Å². The molecule has 2 atom stereocenters. The lowest BCUT2D eigenvalue weighted by atomic mass is 9.72. The highest BCUT2D eigenvalue weighted by Crippen LogP contribution is 2.40. The highest BCUT2D eigenvalue weighted by Gasteiger charge is 2.34. The quantitative estimate of drug-likeness (QED) is 0.475. The first-order valence-corrected chi connectivity index (χ1v) is 13.3. The van der Waals surface area contributed by atoms with Crippen LogP contribution in [-0.2, 0) is 11.3 Å². The fourth-order valence-corrected chi connectivity index (χ4v) is 6.35. The Balaban J connectivity index is 1.56. The van der Waals surface area contributed by atoms with E-state index in [9.17, 15) is 9.90 Å². The zero-order chi connectivity index (χ0) is 24.5. The molecule has 2 fully saturated rings. The number of rotatable bonds is 7. The number of aliphatic carboxylic acids is 1. The number of ether oxygens (including phenoxy) is 1. The Bertz CT molecular complexity index is 1000. The maximum atomic E-state index is 11.7. The summed E-state index contributed by atoms with van der Waals surface area (Å²) in [6, 6.07) is 10.9. The minimum absolute atomic E-state index is 0.233.